The van der Waals surface area contributed by atoms with Crippen molar-refractivity contribution in [1.82, 2.24) is 45.2 Å². The average molecular weight is 373 g/mol. The molecule has 0 aromatic carbocycles. The number of rotatable bonds is 4. The molecule has 12 heteroatoms. The van der Waals surface area contributed by atoms with Gasteiger partial charge in [0.15, 0.2) is 22.8 Å². The van der Waals surface area contributed by atoms with E-state index in [4.69, 9.17) is 0 Å². The Balaban J connectivity index is 1.79. The third kappa shape index (κ3) is 3.52. The first-order chi connectivity index (χ1) is 12.8. The molecule has 0 amide bonds. The van der Waals surface area contributed by atoms with Gasteiger partial charge in [-0.1, -0.05) is 5.21 Å². The molecule has 1 saturated heterocycles. The summed E-state index contributed by atoms with van der Waals surface area (Å²) >= 11 is 0. The number of hydrogen-bond donors (Lipinski definition) is 2. The molecule has 144 valence electrons. The highest BCUT2D eigenvalue weighted by atomic mass is 16.3. The van der Waals surface area contributed by atoms with Gasteiger partial charge < -0.3 is 15.3 Å². The van der Waals surface area contributed by atoms with Gasteiger partial charge in [-0.2, -0.15) is 9.97 Å². The molecule has 4 heterocycles. The Morgan fingerprint density at radius 3 is 2.63 bits per heavy atom. The predicted molar refractivity (Wildman–Crippen MR) is 97.2 cm³/mol. The Morgan fingerprint density at radius 2 is 2.00 bits per heavy atom. The summed E-state index contributed by atoms with van der Waals surface area (Å²) < 4.78 is 3.24. The van der Waals surface area contributed by atoms with Gasteiger partial charge in [-0.25, -0.2) is 9.36 Å². The van der Waals surface area contributed by atoms with Crippen LogP contribution in [0.3, 0.4) is 0 Å². The number of aryl methyl sites for hydroxylation is 1. The summed E-state index contributed by atoms with van der Waals surface area (Å²) in [5.41, 5.74) is 0.983. The van der Waals surface area contributed by atoms with Gasteiger partial charge in [-0.05, 0) is 37.6 Å². The van der Waals surface area contributed by atoms with Crippen LogP contribution in [0.1, 0.15) is 33.0 Å². The van der Waals surface area contributed by atoms with Crippen molar-refractivity contribution in [3.63, 3.8) is 0 Å². The first kappa shape index (κ1) is 17.5. The molecular weight excluding hydrogens is 350 g/mol. The van der Waals surface area contributed by atoms with Crippen LogP contribution in [0.2, 0.25) is 0 Å². The van der Waals surface area contributed by atoms with E-state index in [1.165, 1.54) is 0 Å². The van der Waals surface area contributed by atoms with Crippen LogP contribution in [0.5, 0.6) is 0 Å². The van der Waals surface area contributed by atoms with Crippen LogP contribution in [0.25, 0.3) is 11.2 Å². The Hall–Kier alpha value is -2.89. The van der Waals surface area contributed by atoms with Gasteiger partial charge >= 0.3 is 0 Å². The van der Waals surface area contributed by atoms with Gasteiger partial charge in [0.2, 0.25) is 5.95 Å². The second kappa shape index (κ2) is 6.37. The van der Waals surface area contributed by atoms with Crippen LogP contribution in [-0.2, 0) is 13.6 Å². The molecule has 27 heavy (non-hydrogen) atoms. The van der Waals surface area contributed by atoms with Crippen LogP contribution in [0.4, 0.5) is 11.8 Å². The summed E-state index contributed by atoms with van der Waals surface area (Å²) in [6, 6.07) is 0. The summed E-state index contributed by atoms with van der Waals surface area (Å²) in [6.45, 7) is 7.69. The fourth-order valence-corrected chi connectivity index (χ4v) is 3.01. The highest BCUT2D eigenvalue weighted by molar-refractivity contribution is 5.84. The minimum atomic E-state index is -0.367. The van der Waals surface area contributed by atoms with E-state index in [0.29, 0.717) is 54.8 Å². The number of aliphatic hydroxyl groups excluding tert-OH is 1. The summed E-state index contributed by atoms with van der Waals surface area (Å²) in [4.78, 5) is 11.3. The monoisotopic (exact) mass is 373 g/mol. The smallest absolute Gasteiger partial charge is 0.227 e. The normalized spacial score (nSPS) is 17.8. The lowest BCUT2D eigenvalue weighted by Crippen LogP contribution is -2.29. The molecule has 1 aliphatic rings. The Labute approximate surface area is 155 Å². The van der Waals surface area contributed by atoms with Crippen LogP contribution in [-0.4, -0.2) is 75.0 Å². The second-order valence-electron chi connectivity index (χ2n) is 7.77. The molecule has 0 radical (unpaired) electrons. The minimum Gasteiger partial charge on any atom is -0.391 e. The van der Waals surface area contributed by atoms with Crippen molar-refractivity contribution in [2.45, 2.75) is 45.4 Å². The highest BCUT2D eigenvalue weighted by Gasteiger charge is 2.27. The first-order valence-corrected chi connectivity index (χ1v) is 8.84. The second-order valence-corrected chi connectivity index (χ2v) is 7.77. The predicted octanol–water partition coefficient (Wildman–Crippen LogP) is -0.425. The maximum atomic E-state index is 9.93. The number of hydrogen-bond acceptors (Lipinski definition) is 10. The molecule has 1 atom stereocenters. The number of tetrazole rings is 1. The van der Waals surface area contributed by atoms with E-state index in [-0.39, 0.29) is 11.6 Å². The van der Waals surface area contributed by atoms with Crippen LogP contribution >= 0.6 is 0 Å². The largest absolute Gasteiger partial charge is 0.391 e. The van der Waals surface area contributed by atoms with E-state index in [1.54, 1.807) is 16.4 Å². The number of aromatic nitrogens is 9. The Morgan fingerprint density at radius 1 is 1.19 bits per heavy atom. The topological polar surface area (TPSA) is 136 Å². The van der Waals surface area contributed by atoms with Crippen LogP contribution < -0.4 is 10.2 Å². The molecule has 0 spiro atoms. The van der Waals surface area contributed by atoms with E-state index in [0.717, 1.165) is 0 Å². The van der Waals surface area contributed by atoms with Crippen molar-refractivity contribution >= 4 is 22.9 Å². The van der Waals surface area contributed by atoms with Gasteiger partial charge in [0, 0.05) is 25.7 Å². The molecule has 0 saturated carbocycles. The maximum Gasteiger partial charge on any atom is 0.227 e. The fourth-order valence-electron chi connectivity index (χ4n) is 3.01. The quantitative estimate of drug-likeness (QED) is 0.620. The maximum absolute atomic E-state index is 9.93. The van der Waals surface area contributed by atoms with Gasteiger partial charge in [-0.3, -0.25) is 0 Å². The zero-order valence-corrected chi connectivity index (χ0v) is 15.8. The number of fused-ring (bicyclic) bond motifs is 1. The zero-order chi connectivity index (χ0) is 19.2. The average Bonchev–Trinajstić information content (AvgIpc) is 3.28. The summed E-state index contributed by atoms with van der Waals surface area (Å²) in [7, 11) is 1.77. The van der Waals surface area contributed by atoms with Crippen molar-refractivity contribution in [2.75, 3.05) is 23.3 Å². The molecule has 2 N–H and O–H groups in total. The summed E-state index contributed by atoms with van der Waals surface area (Å²) in [5.74, 6) is 1.81. The molecule has 1 aliphatic heterocycles. The Kier molecular flexibility index (Phi) is 4.13. The number of nitrogens with zero attached hydrogens (tertiary/aromatic N) is 10. The van der Waals surface area contributed by atoms with E-state index < -0.39 is 0 Å². The van der Waals surface area contributed by atoms with Crippen molar-refractivity contribution in [3.05, 3.63) is 5.82 Å². The van der Waals surface area contributed by atoms with E-state index in [1.807, 2.05) is 25.7 Å². The molecule has 4 rings (SSSR count). The van der Waals surface area contributed by atoms with Crippen LogP contribution in [0.15, 0.2) is 0 Å². The molecule has 0 unspecified atom stereocenters. The third-order valence-corrected chi connectivity index (χ3v) is 4.29. The first-order valence-electron chi connectivity index (χ1n) is 8.84. The molecular formula is C15H23N11O. The summed E-state index contributed by atoms with van der Waals surface area (Å²) in [6.07, 6.45) is 0.334. The molecule has 3 aromatic heterocycles. The van der Waals surface area contributed by atoms with Gasteiger partial charge in [0.25, 0.3) is 0 Å². The third-order valence-electron chi connectivity index (χ3n) is 4.29. The number of nitrogens with one attached hydrogen (secondary N) is 1. The number of aliphatic hydroxyl groups is 1. The molecule has 0 aliphatic carbocycles. The van der Waals surface area contributed by atoms with Crippen molar-refractivity contribution in [2.24, 2.45) is 7.05 Å². The van der Waals surface area contributed by atoms with E-state index >= 15 is 0 Å². The van der Waals surface area contributed by atoms with E-state index in [2.05, 4.69) is 41.1 Å². The lowest BCUT2D eigenvalue weighted by molar-refractivity contribution is 0.198. The van der Waals surface area contributed by atoms with Gasteiger partial charge in [-0.15, -0.1) is 10.2 Å². The standard InChI is InChI=1S/C15H23N11O/c1-15(2,3)18-14-16-12(25-6-5-9(27)7-25)11-13(17-14)26(22-20-11)8-10-19-21-23-24(10)4/h9,27H,5-8H2,1-4H3,(H,16,17,18)/t9-/m0/s1. The molecule has 3 aromatic rings. The minimum absolute atomic E-state index is 0.207. The lowest BCUT2D eigenvalue weighted by atomic mass is 10.1. The summed E-state index contributed by atoms with van der Waals surface area (Å²) in [5, 5.41) is 33.3. The fraction of sp³-hybridized carbons (Fsp3) is 0.667. The number of β-amino-alcohol motifs (C(OH)–C–C–N with tert-alkyl or cyclic N) is 1. The van der Waals surface area contributed by atoms with Gasteiger partial charge in [0.1, 0.15) is 6.54 Å². The van der Waals surface area contributed by atoms with Crippen molar-refractivity contribution < 1.29 is 5.11 Å². The zero-order valence-electron chi connectivity index (χ0n) is 15.8. The molecule has 12 nitrogen and oxygen atoms in total. The van der Waals surface area contributed by atoms with Crippen LogP contribution in [0, 0.1) is 0 Å². The SMILES string of the molecule is Cn1nnnc1Cn1nnc2c(N3CC[C@H](O)C3)nc(NC(C)(C)C)nc21. The number of anilines is 2. The molecule has 0 bridgehead atoms. The van der Waals surface area contributed by atoms with E-state index in [9.17, 15) is 5.11 Å². The van der Waals surface area contributed by atoms with Gasteiger partial charge in [0.05, 0.1) is 6.10 Å². The van der Waals surface area contributed by atoms with Crippen molar-refractivity contribution in [3.8, 4) is 0 Å². The molecule has 1 fully saturated rings. The Bertz CT molecular complexity index is 956. The lowest BCUT2D eigenvalue weighted by Gasteiger charge is -2.22. The highest BCUT2D eigenvalue weighted by Crippen LogP contribution is 2.27. The van der Waals surface area contributed by atoms with Crippen molar-refractivity contribution in [1.29, 1.82) is 0 Å².